The monoisotopic (exact) mass is 378 g/mol. The van der Waals surface area contributed by atoms with Gasteiger partial charge in [-0.2, -0.15) is 0 Å². The van der Waals surface area contributed by atoms with E-state index in [0.717, 1.165) is 35.2 Å². The summed E-state index contributed by atoms with van der Waals surface area (Å²) in [5.74, 6) is 0.400. The summed E-state index contributed by atoms with van der Waals surface area (Å²) < 4.78 is 0.874. The van der Waals surface area contributed by atoms with Crippen LogP contribution in [0.1, 0.15) is 31.7 Å². The van der Waals surface area contributed by atoms with E-state index in [4.69, 9.17) is 0 Å². The van der Waals surface area contributed by atoms with Crippen LogP contribution in [0.4, 0.5) is 5.69 Å². The van der Waals surface area contributed by atoms with E-state index in [9.17, 15) is 9.59 Å². The van der Waals surface area contributed by atoms with Crippen LogP contribution in [0.2, 0.25) is 0 Å². The van der Waals surface area contributed by atoms with Crippen molar-refractivity contribution in [2.45, 2.75) is 33.1 Å². The number of nitrogens with zero attached hydrogens (tertiary/aromatic N) is 1. The van der Waals surface area contributed by atoms with Crippen LogP contribution < -0.4 is 5.32 Å². The third-order valence-electron chi connectivity index (χ3n) is 4.80. The van der Waals surface area contributed by atoms with E-state index >= 15 is 0 Å². The summed E-state index contributed by atoms with van der Waals surface area (Å²) in [6.45, 7) is 5.88. The van der Waals surface area contributed by atoms with E-state index in [2.05, 4.69) is 28.2 Å². The highest BCUT2D eigenvalue weighted by Gasteiger charge is 2.49. The first kappa shape index (κ1) is 16.5. The molecule has 2 amide bonds. The summed E-state index contributed by atoms with van der Waals surface area (Å²) in [5, 5.41) is 2.94. The van der Waals surface area contributed by atoms with Crippen LogP contribution >= 0.6 is 15.9 Å². The van der Waals surface area contributed by atoms with E-state index in [1.54, 1.807) is 0 Å². The highest BCUT2D eigenvalue weighted by Crippen LogP contribution is 2.41. The van der Waals surface area contributed by atoms with E-state index in [-0.39, 0.29) is 23.7 Å². The van der Waals surface area contributed by atoms with Crippen LogP contribution in [0, 0.1) is 24.7 Å². The summed E-state index contributed by atoms with van der Waals surface area (Å²) in [7, 11) is 0. The molecule has 0 radical (unpaired) electrons. The summed E-state index contributed by atoms with van der Waals surface area (Å²) in [6, 6.07) is 5.83. The number of aryl methyl sites for hydroxylation is 1. The first-order valence-corrected chi connectivity index (χ1v) is 9.11. The molecule has 1 aliphatic heterocycles. The highest BCUT2D eigenvalue weighted by atomic mass is 79.9. The minimum Gasteiger partial charge on any atom is -0.342 e. The normalized spacial score (nSPS) is 26.7. The number of likely N-dealkylation sites (tertiary alicyclic amines) is 1. The number of carbonyl (C=O) groups is 2. The van der Waals surface area contributed by atoms with E-state index in [0.29, 0.717) is 12.3 Å². The summed E-state index contributed by atoms with van der Waals surface area (Å²) >= 11 is 3.47. The van der Waals surface area contributed by atoms with Gasteiger partial charge in [-0.1, -0.05) is 13.0 Å². The molecule has 2 aliphatic rings. The molecule has 1 N–H and O–H groups in total. The zero-order chi connectivity index (χ0) is 16.6. The zero-order valence-electron chi connectivity index (χ0n) is 13.6. The van der Waals surface area contributed by atoms with E-state index in [1.807, 2.05) is 30.0 Å². The molecule has 1 saturated heterocycles. The Morgan fingerprint density at radius 2 is 2.09 bits per heavy atom. The molecule has 3 rings (SSSR count). The molecule has 1 aliphatic carbocycles. The average Bonchev–Trinajstić information content (AvgIpc) is 3.30. The van der Waals surface area contributed by atoms with Crippen LogP contribution in [-0.4, -0.2) is 29.8 Å². The van der Waals surface area contributed by atoms with Gasteiger partial charge >= 0.3 is 0 Å². The lowest BCUT2D eigenvalue weighted by Crippen LogP contribution is -2.40. The molecule has 124 valence electrons. The van der Waals surface area contributed by atoms with Crippen LogP contribution in [0.5, 0.6) is 0 Å². The van der Waals surface area contributed by atoms with Crippen LogP contribution in [0.25, 0.3) is 0 Å². The second-order valence-electron chi connectivity index (χ2n) is 6.95. The minimum absolute atomic E-state index is 0.0436. The lowest BCUT2D eigenvalue weighted by molar-refractivity contribution is -0.135. The Morgan fingerprint density at radius 1 is 1.30 bits per heavy atom. The standard InChI is InChI=1S/C18H23BrN2O2/c1-11-5-6-16(15(19)8-11)20-17(22)13-9-14(13)18(23)21-7-3-4-12(2)10-21/h5-6,8,12-14H,3-4,7,9-10H2,1-2H3,(H,20,22). The minimum atomic E-state index is -0.173. The number of amides is 2. The number of benzene rings is 1. The van der Waals surface area contributed by atoms with Crippen molar-refractivity contribution in [2.24, 2.45) is 17.8 Å². The number of rotatable bonds is 3. The maximum absolute atomic E-state index is 12.5. The smallest absolute Gasteiger partial charge is 0.228 e. The van der Waals surface area contributed by atoms with Gasteiger partial charge < -0.3 is 10.2 Å². The van der Waals surface area contributed by atoms with Crippen molar-refractivity contribution in [1.82, 2.24) is 4.90 Å². The molecule has 2 fully saturated rings. The first-order chi connectivity index (χ1) is 11.0. The molecule has 1 aromatic rings. The molecule has 1 aromatic carbocycles. The van der Waals surface area contributed by atoms with E-state index < -0.39 is 0 Å². The predicted molar refractivity (Wildman–Crippen MR) is 94.1 cm³/mol. The third kappa shape index (κ3) is 3.77. The van der Waals surface area contributed by atoms with Crippen molar-refractivity contribution in [3.05, 3.63) is 28.2 Å². The van der Waals surface area contributed by atoms with Crippen molar-refractivity contribution in [3.8, 4) is 0 Å². The molecular weight excluding hydrogens is 356 g/mol. The number of nitrogens with one attached hydrogen (secondary N) is 1. The molecule has 3 unspecified atom stereocenters. The molecule has 5 heteroatoms. The number of hydrogen-bond acceptors (Lipinski definition) is 2. The molecule has 4 nitrogen and oxygen atoms in total. The van der Waals surface area contributed by atoms with Crippen molar-refractivity contribution in [2.75, 3.05) is 18.4 Å². The Hall–Kier alpha value is -1.36. The second kappa shape index (κ2) is 6.63. The van der Waals surface area contributed by atoms with Gasteiger partial charge in [0, 0.05) is 17.6 Å². The maximum atomic E-state index is 12.5. The van der Waals surface area contributed by atoms with Gasteiger partial charge in [0.15, 0.2) is 0 Å². The number of carbonyl (C=O) groups excluding carboxylic acids is 2. The number of piperidine rings is 1. The Labute approximate surface area is 145 Å². The third-order valence-corrected chi connectivity index (χ3v) is 5.45. The maximum Gasteiger partial charge on any atom is 0.228 e. The van der Waals surface area contributed by atoms with Crippen LogP contribution in [0.15, 0.2) is 22.7 Å². The average molecular weight is 379 g/mol. The molecule has 0 bridgehead atoms. The molecule has 1 saturated carbocycles. The fraction of sp³-hybridized carbons (Fsp3) is 0.556. The predicted octanol–water partition coefficient (Wildman–Crippen LogP) is 3.59. The zero-order valence-corrected chi connectivity index (χ0v) is 15.2. The van der Waals surface area contributed by atoms with Gasteiger partial charge in [0.05, 0.1) is 17.5 Å². The Kier molecular flexibility index (Phi) is 4.76. The first-order valence-electron chi connectivity index (χ1n) is 8.31. The fourth-order valence-corrected chi connectivity index (χ4v) is 3.92. The van der Waals surface area contributed by atoms with Gasteiger partial charge in [-0.05, 0) is 65.7 Å². The number of hydrogen-bond donors (Lipinski definition) is 1. The lowest BCUT2D eigenvalue weighted by Gasteiger charge is -2.31. The van der Waals surface area contributed by atoms with Crippen LogP contribution in [0.3, 0.4) is 0 Å². The van der Waals surface area contributed by atoms with Gasteiger partial charge in [0.2, 0.25) is 11.8 Å². The van der Waals surface area contributed by atoms with E-state index in [1.165, 1.54) is 6.42 Å². The Bertz CT molecular complexity index is 631. The van der Waals surface area contributed by atoms with Crippen molar-refractivity contribution < 1.29 is 9.59 Å². The topological polar surface area (TPSA) is 49.4 Å². The molecule has 23 heavy (non-hydrogen) atoms. The summed E-state index contributed by atoms with van der Waals surface area (Å²) in [4.78, 5) is 26.8. The van der Waals surface area contributed by atoms with Gasteiger partial charge in [0.25, 0.3) is 0 Å². The van der Waals surface area contributed by atoms with Crippen molar-refractivity contribution >= 4 is 33.4 Å². The Morgan fingerprint density at radius 3 is 2.78 bits per heavy atom. The summed E-state index contributed by atoms with van der Waals surface area (Å²) in [6.07, 6.45) is 2.95. The summed E-state index contributed by atoms with van der Waals surface area (Å²) in [5.41, 5.74) is 1.90. The SMILES string of the molecule is Cc1ccc(NC(=O)C2CC2C(=O)N2CCCC(C)C2)c(Br)c1. The molecule has 0 aromatic heterocycles. The van der Waals surface area contributed by atoms with Gasteiger partial charge in [0.1, 0.15) is 0 Å². The molecular formula is C18H23BrN2O2. The van der Waals surface area contributed by atoms with Crippen LogP contribution in [-0.2, 0) is 9.59 Å². The highest BCUT2D eigenvalue weighted by molar-refractivity contribution is 9.10. The van der Waals surface area contributed by atoms with Gasteiger partial charge in [-0.25, -0.2) is 0 Å². The Balaban J connectivity index is 1.57. The quantitative estimate of drug-likeness (QED) is 0.873. The number of anilines is 1. The fourth-order valence-electron chi connectivity index (χ4n) is 3.33. The van der Waals surface area contributed by atoms with Crippen molar-refractivity contribution in [1.29, 1.82) is 0 Å². The largest absolute Gasteiger partial charge is 0.342 e. The molecule has 0 spiro atoms. The van der Waals surface area contributed by atoms with Gasteiger partial charge in [-0.15, -0.1) is 0 Å². The molecule has 1 heterocycles. The second-order valence-corrected chi connectivity index (χ2v) is 7.81. The molecule has 3 atom stereocenters. The number of halogens is 1. The lowest BCUT2D eigenvalue weighted by atomic mass is 10.00. The van der Waals surface area contributed by atoms with Gasteiger partial charge in [-0.3, -0.25) is 9.59 Å². The van der Waals surface area contributed by atoms with Crippen molar-refractivity contribution in [3.63, 3.8) is 0 Å².